The number of anilines is 1. The Labute approximate surface area is 103 Å². The summed E-state index contributed by atoms with van der Waals surface area (Å²) in [6, 6.07) is 0. The summed E-state index contributed by atoms with van der Waals surface area (Å²) in [5.41, 5.74) is 5.34. The molecule has 1 heterocycles. The van der Waals surface area contributed by atoms with Gasteiger partial charge in [0.25, 0.3) is 0 Å². The Morgan fingerprint density at radius 2 is 2.00 bits per heavy atom. The second kappa shape index (κ2) is 6.84. The molecule has 0 spiro atoms. The molecule has 0 aromatic carbocycles. The molecule has 0 saturated heterocycles. The van der Waals surface area contributed by atoms with Crippen molar-refractivity contribution < 1.29 is 29.6 Å². The number of ether oxygens (including phenoxy) is 2. The van der Waals surface area contributed by atoms with Crippen LogP contribution in [0.2, 0.25) is 0 Å². The third-order valence-electron chi connectivity index (χ3n) is 2.21. The number of aliphatic hydroxyl groups is 1. The molecular formula is C10H16N2O6. The summed E-state index contributed by atoms with van der Waals surface area (Å²) < 4.78 is 10.1. The second-order valence-corrected chi connectivity index (χ2v) is 3.41. The lowest BCUT2D eigenvalue weighted by Crippen LogP contribution is -2.13. The van der Waals surface area contributed by atoms with Gasteiger partial charge in [-0.05, 0) is 0 Å². The number of carbonyl (C=O) groups is 1. The number of nitrogens with one attached hydrogen (secondary N) is 1. The summed E-state index contributed by atoms with van der Waals surface area (Å²) in [6.45, 7) is 0.334. The Kier molecular flexibility index (Phi) is 5.43. The summed E-state index contributed by atoms with van der Waals surface area (Å²) in [7, 11) is 0. The minimum atomic E-state index is -1.10. The first-order valence-electron chi connectivity index (χ1n) is 5.26. The van der Waals surface area contributed by atoms with Gasteiger partial charge in [0.05, 0.1) is 32.0 Å². The minimum absolute atomic E-state index is 0.00958. The molecule has 102 valence electrons. The van der Waals surface area contributed by atoms with Crippen LogP contribution in [-0.4, -0.2) is 53.0 Å². The Bertz CT molecular complexity index is 392. The summed E-state index contributed by atoms with van der Waals surface area (Å²) in [6.07, 6.45) is -0.648. The maximum Gasteiger partial charge on any atom is 0.215 e. The van der Waals surface area contributed by atoms with Crippen LogP contribution in [-0.2, 0) is 14.3 Å². The molecule has 0 aliphatic carbocycles. The first kappa shape index (κ1) is 14.3. The molecular weight excluding hydrogens is 244 g/mol. The van der Waals surface area contributed by atoms with Gasteiger partial charge in [-0.15, -0.1) is 0 Å². The molecule has 6 N–H and O–H groups in total. The number of aliphatic hydroxyl groups excluding tert-OH is 1. The van der Waals surface area contributed by atoms with E-state index < -0.39 is 17.9 Å². The molecule has 1 rings (SSSR count). The van der Waals surface area contributed by atoms with Gasteiger partial charge < -0.3 is 35.3 Å². The van der Waals surface area contributed by atoms with Crippen molar-refractivity contribution in [2.75, 3.05) is 32.2 Å². The van der Waals surface area contributed by atoms with Gasteiger partial charge in [-0.3, -0.25) is 4.98 Å². The van der Waals surface area contributed by atoms with E-state index in [0.717, 1.165) is 0 Å². The van der Waals surface area contributed by atoms with Crippen LogP contribution in [0.5, 0.6) is 11.8 Å². The van der Waals surface area contributed by atoms with Gasteiger partial charge in [0, 0.05) is 0 Å². The molecule has 0 fully saturated rings. The predicted molar refractivity (Wildman–Crippen MR) is 61.2 cm³/mol. The summed E-state index contributed by atoms with van der Waals surface area (Å²) in [4.78, 5) is 13.1. The highest BCUT2D eigenvalue weighted by Gasteiger charge is 2.23. The zero-order valence-corrected chi connectivity index (χ0v) is 9.63. The molecule has 8 heteroatoms. The van der Waals surface area contributed by atoms with Gasteiger partial charge in [-0.25, -0.2) is 0 Å². The van der Waals surface area contributed by atoms with Crippen molar-refractivity contribution in [3.05, 3.63) is 5.56 Å². The van der Waals surface area contributed by atoms with Gasteiger partial charge in [0.2, 0.25) is 5.88 Å². The molecule has 0 bridgehead atoms. The normalized spacial score (nSPS) is 12.5. The second-order valence-electron chi connectivity index (χ2n) is 3.41. The molecule has 1 atom stereocenters. The largest absolute Gasteiger partial charge is 0.494 e. The monoisotopic (exact) mass is 260 g/mol. The molecule has 18 heavy (non-hydrogen) atoms. The number of hydrogen-bond donors (Lipinski definition) is 5. The fraction of sp³-hybridized carbons (Fsp3) is 0.500. The van der Waals surface area contributed by atoms with Crippen LogP contribution in [0.15, 0.2) is 0 Å². The van der Waals surface area contributed by atoms with E-state index in [4.69, 9.17) is 20.3 Å². The number of carbonyl (C=O) groups excluding carboxylic acids is 1. The highest BCUT2D eigenvalue weighted by Crippen LogP contribution is 2.36. The Morgan fingerprint density at radius 1 is 1.28 bits per heavy atom. The Hall–Kier alpha value is -1.77. The van der Waals surface area contributed by atoms with Gasteiger partial charge in [0.15, 0.2) is 12.2 Å². The van der Waals surface area contributed by atoms with Crippen LogP contribution in [0.25, 0.3) is 0 Å². The SMILES string of the molecule is Nc1c(O)[nH]c(O)c1C(C=O)OCCOCCO. The van der Waals surface area contributed by atoms with Gasteiger partial charge in [-0.1, -0.05) is 0 Å². The molecule has 1 aromatic rings. The Morgan fingerprint density at radius 3 is 2.50 bits per heavy atom. The van der Waals surface area contributed by atoms with Crippen LogP contribution in [0, 0.1) is 0 Å². The average molecular weight is 260 g/mol. The van der Waals surface area contributed by atoms with E-state index in [2.05, 4.69) is 4.98 Å². The number of aldehydes is 1. The fourth-order valence-electron chi connectivity index (χ4n) is 1.38. The van der Waals surface area contributed by atoms with Gasteiger partial charge in [-0.2, -0.15) is 0 Å². The first-order valence-corrected chi connectivity index (χ1v) is 5.26. The molecule has 8 nitrogen and oxygen atoms in total. The van der Waals surface area contributed by atoms with E-state index >= 15 is 0 Å². The van der Waals surface area contributed by atoms with E-state index in [1.807, 2.05) is 0 Å². The van der Waals surface area contributed by atoms with E-state index in [1.165, 1.54) is 0 Å². The lowest BCUT2D eigenvalue weighted by atomic mass is 10.2. The third-order valence-corrected chi connectivity index (χ3v) is 2.21. The quantitative estimate of drug-likeness (QED) is 0.307. The highest BCUT2D eigenvalue weighted by atomic mass is 16.5. The topological polar surface area (TPSA) is 138 Å². The van der Waals surface area contributed by atoms with Crippen molar-refractivity contribution in [3.8, 4) is 11.8 Å². The maximum absolute atomic E-state index is 10.9. The summed E-state index contributed by atoms with van der Waals surface area (Å²) >= 11 is 0. The molecule has 1 aromatic heterocycles. The number of aromatic nitrogens is 1. The van der Waals surface area contributed by atoms with Crippen molar-refractivity contribution in [2.45, 2.75) is 6.10 Å². The average Bonchev–Trinajstić information content (AvgIpc) is 2.59. The van der Waals surface area contributed by atoms with Crippen LogP contribution in [0.3, 0.4) is 0 Å². The van der Waals surface area contributed by atoms with E-state index in [9.17, 15) is 15.0 Å². The Balaban J connectivity index is 2.58. The molecule has 0 amide bonds. The number of nitrogen functional groups attached to an aromatic ring is 1. The number of H-pyrrole nitrogens is 1. The van der Waals surface area contributed by atoms with E-state index in [-0.39, 0.29) is 37.7 Å². The van der Waals surface area contributed by atoms with E-state index in [0.29, 0.717) is 6.29 Å². The molecule has 0 radical (unpaired) electrons. The van der Waals surface area contributed by atoms with E-state index in [1.54, 1.807) is 0 Å². The number of aromatic hydroxyl groups is 2. The molecule has 0 aliphatic heterocycles. The van der Waals surface area contributed by atoms with Crippen molar-refractivity contribution in [3.63, 3.8) is 0 Å². The van der Waals surface area contributed by atoms with Crippen LogP contribution in [0.4, 0.5) is 5.69 Å². The zero-order valence-electron chi connectivity index (χ0n) is 9.63. The summed E-state index contributed by atoms with van der Waals surface area (Å²) in [5, 5.41) is 27.2. The number of aromatic amines is 1. The van der Waals surface area contributed by atoms with Crippen molar-refractivity contribution in [2.24, 2.45) is 0 Å². The van der Waals surface area contributed by atoms with Crippen molar-refractivity contribution in [1.82, 2.24) is 4.98 Å². The zero-order chi connectivity index (χ0) is 13.5. The van der Waals surface area contributed by atoms with Crippen LogP contribution in [0.1, 0.15) is 11.7 Å². The highest BCUT2D eigenvalue weighted by molar-refractivity contribution is 5.71. The first-order chi connectivity index (χ1) is 8.61. The number of rotatable bonds is 8. The smallest absolute Gasteiger partial charge is 0.215 e. The standard InChI is InChI=1S/C10H16N2O6/c11-8-7(9(15)12-10(8)16)6(5-14)18-4-3-17-2-1-13/h5-6,12-13,15-16H,1-4,11H2. The lowest BCUT2D eigenvalue weighted by molar-refractivity contribution is -0.119. The molecule has 0 aliphatic rings. The molecule has 1 unspecified atom stereocenters. The van der Waals surface area contributed by atoms with Crippen LogP contribution >= 0.6 is 0 Å². The molecule has 0 saturated carbocycles. The van der Waals surface area contributed by atoms with Gasteiger partial charge in [0.1, 0.15) is 11.8 Å². The third kappa shape index (κ3) is 3.36. The number of hydrogen-bond acceptors (Lipinski definition) is 7. The van der Waals surface area contributed by atoms with Crippen LogP contribution < -0.4 is 5.73 Å². The number of nitrogens with two attached hydrogens (primary N) is 1. The van der Waals surface area contributed by atoms with Crippen molar-refractivity contribution in [1.29, 1.82) is 0 Å². The van der Waals surface area contributed by atoms with Crippen molar-refractivity contribution >= 4 is 12.0 Å². The fourth-order valence-corrected chi connectivity index (χ4v) is 1.38. The maximum atomic E-state index is 10.9. The van der Waals surface area contributed by atoms with Gasteiger partial charge >= 0.3 is 0 Å². The minimum Gasteiger partial charge on any atom is -0.494 e. The summed E-state index contributed by atoms with van der Waals surface area (Å²) in [5.74, 6) is -0.840. The predicted octanol–water partition coefficient (Wildman–Crippen LogP) is -0.726. The lowest BCUT2D eigenvalue weighted by Gasteiger charge is -2.12.